The van der Waals surface area contributed by atoms with E-state index in [0.29, 0.717) is 5.56 Å². The Labute approximate surface area is 313 Å². The molecule has 4 nitrogen and oxygen atoms in total. The normalized spacial score (nSPS) is 11.5. The third kappa shape index (κ3) is 5.02. The molecule has 10 aromatic rings. The summed E-state index contributed by atoms with van der Waals surface area (Å²) in [5.74, 6) is 0. The first kappa shape index (κ1) is 31.5. The van der Waals surface area contributed by atoms with Crippen LogP contribution in [0.25, 0.3) is 88.4 Å². The molecule has 0 aliphatic carbocycles. The minimum atomic E-state index is 0.594. The lowest BCUT2D eigenvalue weighted by Crippen LogP contribution is -2.02. The zero-order chi connectivity index (χ0) is 36.3. The van der Waals surface area contributed by atoms with Crippen molar-refractivity contribution in [1.82, 2.24) is 14.1 Å². The van der Waals surface area contributed by atoms with Crippen LogP contribution in [0, 0.1) is 25.2 Å². The van der Waals surface area contributed by atoms with Crippen LogP contribution in [-0.4, -0.2) is 14.1 Å². The highest BCUT2D eigenvalue weighted by molar-refractivity contribution is 6.12. The summed E-state index contributed by atoms with van der Waals surface area (Å²) in [6.07, 6.45) is 3.81. The Hall–Kier alpha value is -7.22. The van der Waals surface area contributed by atoms with Crippen molar-refractivity contribution in [1.29, 1.82) is 5.26 Å². The highest BCUT2D eigenvalue weighted by Gasteiger charge is 2.21. The molecule has 0 N–H and O–H groups in total. The molecule has 3 heterocycles. The number of para-hydroxylation sites is 2. The molecule has 0 aliphatic rings. The zero-order valence-electron chi connectivity index (χ0n) is 30.0. The number of rotatable bonds is 5. The average molecular weight is 691 g/mol. The van der Waals surface area contributed by atoms with Gasteiger partial charge in [-0.2, -0.15) is 5.26 Å². The van der Waals surface area contributed by atoms with E-state index < -0.39 is 0 Å². The molecule has 7 aromatic carbocycles. The fourth-order valence-corrected chi connectivity index (χ4v) is 8.28. The molecule has 0 saturated heterocycles. The Kier molecular flexibility index (Phi) is 7.28. The van der Waals surface area contributed by atoms with Crippen molar-refractivity contribution >= 4 is 43.6 Å². The highest BCUT2D eigenvalue weighted by atomic mass is 15.0. The number of nitrogens with zero attached hydrogens (tertiary/aromatic N) is 4. The Morgan fingerprint density at radius 3 is 1.52 bits per heavy atom. The lowest BCUT2D eigenvalue weighted by Gasteiger charge is -2.18. The summed E-state index contributed by atoms with van der Waals surface area (Å²) in [6.45, 7) is 4.27. The van der Waals surface area contributed by atoms with Crippen molar-refractivity contribution in [2.24, 2.45) is 0 Å². The summed E-state index contributed by atoms with van der Waals surface area (Å²) < 4.78 is 4.70. The maximum Gasteiger partial charge on any atom is 0.0991 e. The molecule has 0 saturated carbocycles. The maximum absolute atomic E-state index is 10.2. The number of fused-ring (bicyclic) bond motifs is 6. The van der Waals surface area contributed by atoms with Gasteiger partial charge in [-0.3, -0.25) is 4.98 Å². The molecule has 0 spiro atoms. The van der Waals surface area contributed by atoms with Crippen molar-refractivity contribution in [3.8, 4) is 50.8 Å². The molecule has 254 valence electrons. The SMILES string of the molecule is Cc1cccc(-c2ccc3c(c2)c2ccccc2n3-c2ccncc2-c2cc(C#N)ccc2-n2c3ccccc3c3cc(-c4cccc(C)c4)ccc32)c1. The van der Waals surface area contributed by atoms with Gasteiger partial charge < -0.3 is 9.13 Å². The predicted octanol–water partition coefficient (Wildman–Crippen LogP) is 12.8. The van der Waals surface area contributed by atoms with E-state index >= 15 is 0 Å². The van der Waals surface area contributed by atoms with Crippen LogP contribution in [0.5, 0.6) is 0 Å². The van der Waals surface area contributed by atoms with Gasteiger partial charge in [0.1, 0.15) is 0 Å². The lowest BCUT2D eigenvalue weighted by atomic mass is 10.00. The van der Waals surface area contributed by atoms with Crippen LogP contribution in [0.1, 0.15) is 16.7 Å². The van der Waals surface area contributed by atoms with Crippen LogP contribution in [0.15, 0.2) is 170 Å². The van der Waals surface area contributed by atoms with Gasteiger partial charge in [0.25, 0.3) is 0 Å². The first-order chi connectivity index (χ1) is 26.6. The molecule has 0 radical (unpaired) electrons. The minimum Gasteiger partial charge on any atom is -0.309 e. The van der Waals surface area contributed by atoms with Crippen molar-refractivity contribution in [3.63, 3.8) is 0 Å². The average Bonchev–Trinajstić information content (AvgIpc) is 3.72. The lowest BCUT2D eigenvalue weighted by molar-refractivity contribution is 1.14. The molecule has 0 fully saturated rings. The maximum atomic E-state index is 10.2. The predicted molar refractivity (Wildman–Crippen MR) is 223 cm³/mol. The van der Waals surface area contributed by atoms with Crippen LogP contribution >= 0.6 is 0 Å². The second-order valence-electron chi connectivity index (χ2n) is 14.1. The molecule has 0 amide bonds. The number of nitriles is 1. The molecule has 0 atom stereocenters. The standard InChI is InChI=1S/C50H34N4/c1-32-9-7-11-35(25-32)37-18-21-48-42(28-37)39-13-3-5-15-45(39)53(48)47-20-17-34(30-51)27-41(47)44-31-52-24-23-50(44)54-46-16-6-4-14-40(46)43-29-38(19-22-49(43)54)36-12-8-10-33(2)26-36/h3-29,31H,1-2H3. The van der Waals surface area contributed by atoms with Gasteiger partial charge in [-0.05, 0) is 96.8 Å². The number of aryl methyl sites for hydroxylation is 2. The van der Waals surface area contributed by atoms with Gasteiger partial charge in [0.05, 0.1) is 45.1 Å². The summed E-state index contributed by atoms with van der Waals surface area (Å²) in [7, 11) is 0. The summed E-state index contributed by atoms with van der Waals surface area (Å²) in [5, 5.41) is 15.0. The van der Waals surface area contributed by atoms with E-state index in [1.807, 2.05) is 24.5 Å². The number of hydrogen-bond donors (Lipinski definition) is 0. The molecule has 0 bridgehead atoms. The molecule has 3 aromatic heterocycles. The van der Waals surface area contributed by atoms with Gasteiger partial charge in [-0.15, -0.1) is 0 Å². The van der Waals surface area contributed by atoms with Crippen molar-refractivity contribution < 1.29 is 0 Å². The molecular formula is C50H34N4. The molecule has 4 heteroatoms. The number of pyridine rings is 1. The van der Waals surface area contributed by atoms with Gasteiger partial charge in [0.15, 0.2) is 0 Å². The molecular weight excluding hydrogens is 657 g/mol. The Morgan fingerprint density at radius 1 is 0.444 bits per heavy atom. The van der Waals surface area contributed by atoms with E-state index in [9.17, 15) is 5.26 Å². The third-order valence-electron chi connectivity index (χ3n) is 10.7. The number of benzene rings is 7. The summed E-state index contributed by atoms with van der Waals surface area (Å²) in [4.78, 5) is 4.70. The topological polar surface area (TPSA) is 46.5 Å². The summed E-state index contributed by atoms with van der Waals surface area (Å²) in [6, 6.07) is 58.6. The monoisotopic (exact) mass is 690 g/mol. The second-order valence-corrected chi connectivity index (χ2v) is 14.1. The van der Waals surface area contributed by atoms with Gasteiger partial charge in [-0.1, -0.05) is 108 Å². The van der Waals surface area contributed by atoms with E-state index in [0.717, 1.165) is 44.6 Å². The van der Waals surface area contributed by atoms with Gasteiger partial charge in [0, 0.05) is 45.1 Å². The van der Waals surface area contributed by atoms with Gasteiger partial charge in [0.2, 0.25) is 0 Å². The summed E-state index contributed by atoms with van der Waals surface area (Å²) >= 11 is 0. The Balaban J connectivity index is 1.23. The van der Waals surface area contributed by atoms with Crippen LogP contribution in [0.2, 0.25) is 0 Å². The van der Waals surface area contributed by atoms with Crippen LogP contribution in [0.4, 0.5) is 0 Å². The highest BCUT2D eigenvalue weighted by Crippen LogP contribution is 2.42. The number of hydrogen-bond acceptors (Lipinski definition) is 2. The largest absolute Gasteiger partial charge is 0.309 e. The fourth-order valence-electron chi connectivity index (χ4n) is 8.28. The van der Waals surface area contributed by atoms with Crippen LogP contribution < -0.4 is 0 Å². The van der Waals surface area contributed by atoms with E-state index in [1.165, 1.54) is 54.9 Å². The van der Waals surface area contributed by atoms with E-state index in [2.05, 4.69) is 175 Å². The molecule has 54 heavy (non-hydrogen) atoms. The van der Waals surface area contributed by atoms with Gasteiger partial charge >= 0.3 is 0 Å². The third-order valence-corrected chi connectivity index (χ3v) is 10.7. The van der Waals surface area contributed by atoms with Crippen molar-refractivity contribution in [2.75, 3.05) is 0 Å². The van der Waals surface area contributed by atoms with Crippen molar-refractivity contribution in [3.05, 3.63) is 187 Å². The smallest absolute Gasteiger partial charge is 0.0991 e. The van der Waals surface area contributed by atoms with E-state index in [1.54, 1.807) is 0 Å². The van der Waals surface area contributed by atoms with Gasteiger partial charge in [-0.25, -0.2) is 0 Å². The van der Waals surface area contributed by atoms with E-state index in [4.69, 9.17) is 4.98 Å². The first-order valence-electron chi connectivity index (χ1n) is 18.3. The molecule has 0 unspecified atom stereocenters. The minimum absolute atomic E-state index is 0.594. The molecule has 10 rings (SSSR count). The van der Waals surface area contributed by atoms with Crippen LogP contribution in [-0.2, 0) is 0 Å². The summed E-state index contributed by atoms with van der Waals surface area (Å²) in [5.41, 5.74) is 16.1. The zero-order valence-corrected chi connectivity index (χ0v) is 30.0. The van der Waals surface area contributed by atoms with Crippen molar-refractivity contribution in [2.45, 2.75) is 13.8 Å². The second kappa shape index (κ2) is 12.5. The van der Waals surface area contributed by atoms with E-state index in [-0.39, 0.29) is 0 Å². The fraction of sp³-hybridized carbons (Fsp3) is 0.0400. The quantitative estimate of drug-likeness (QED) is 0.180. The Bertz CT molecular complexity index is 3150. The molecule has 0 aliphatic heterocycles. The Morgan fingerprint density at radius 2 is 0.963 bits per heavy atom. The van der Waals surface area contributed by atoms with Crippen LogP contribution in [0.3, 0.4) is 0 Å². The first-order valence-corrected chi connectivity index (χ1v) is 18.3. The number of aromatic nitrogens is 3.